The van der Waals surface area contributed by atoms with Crippen LogP contribution in [0.25, 0.3) is 0 Å². The van der Waals surface area contributed by atoms with Crippen LogP contribution in [0.5, 0.6) is 0 Å². The summed E-state index contributed by atoms with van der Waals surface area (Å²) in [5.74, 6) is 1.12. The van der Waals surface area contributed by atoms with Crippen LogP contribution in [0, 0.1) is 0 Å². The van der Waals surface area contributed by atoms with Gasteiger partial charge < -0.3 is 25.4 Å². The summed E-state index contributed by atoms with van der Waals surface area (Å²) in [6, 6.07) is 9.35. The third-order valence-electron chi connectivity index (χ3n) is 6.20. The highest BCUT2D eigenvalue weighted by atomic mass is 35.5. The van der Waals surface area contributed by atoms with Crippen molar-refractivity contribution in [3.8, 4) is 0 Å². The van der Waals surface area contributed by atoms with E-state index in [1.807, 2.05) is 30.5 Å². The fraction of sp³-hybridized carbons (Fsp3) is 0.259. The van der Waals surface area contributed by atoms with Crippen molar-refractivity contribution < 1.29 is 14.1 Å². The monoisotopic (exact) mass is 546 g/mol. The van der Waals surface area contributed by atoms with Crippen LogP contribution < -0.4 is 16.0 Å². The Kier molecular flexibility index (Phi) is 7.97. The van der Waals surface area contributed by atoms with E-state index in [4.69, 9.17) is 16.1 Å². The van der Waals surface area contributed by atoms with E-state index >= 15 is 0 Å². The minimum atomic E-state index is -0.105. The van der Waals surface area contributed by atoms with E-state index in [9.17, 15) is 9.59 Å². The van der Waals surface area contributed by atoms with Gasteiger partial charge in [0.2, 0.25) is 17.6 Å². The predicted octanol–water partition coefficient (Wildman–Crippen LogP) is 4.98. The van der Waals surface area contributed by atoms with Crippen molar-refractivity contribution in [2.24, 2.45) is 0 Å². The van der Waals surface area contributed by atoms with Crippen LogP contribution in [-0.2, 0) is 17.6 Å². The molecule has 39 heavy (non-hydrogen) atoms. The lowest BCUT2D eigenvalue weighted by molar-refractivity contribution is -0.114. The Labute approximate surface area is 230 Å². The average Bonchev–Trinajstić information content (AvgIpc) is 3.65. The molecule has 0 unspecified atom stereocenters. The van der Waals surface area contributed by atoms with E-state index in [0.29, 0.717) is 22.5 Å². The van der Waals surface area contributed by atoms with E-state index in [0.717, 1.165) is 67.0 Å². The molecule has 0 saturated carbocycles. The van der Waals surface area contributed by atoms with E-state index < -0.39 is 0 Å². The first-order valence-corrected chi connectivity index (χ1v) is 12.9. The fourth-order valence-corrected chi connectivity index (χ4v) is 4.48. The molecule has 2 aliphatic rings. The van der Waals surface area contributed by atoms with Gasteiger partial charge in [0.1, 0.15) is 5.02 Å². The third kappa shape index (κ3) is 6.68. The van der Waals surface area contributed by atoms with Gasteiger partial charge in [0.15, 0.2) is 5.82 Å². The number of hydrogen-bond acceptors (Lipinski definition) is 9. The number of likely N-dealkylation sites (tertiary alicyclic amines) is 1. The van der Waals surface area contributed by atoms with Crippen LogP contribution in [-0.4, -0.2) is 49.9 Å². The fourth-order valence-electron chi connectivity index (χ4n) is 4.34. The predicted molar refractivity (Wildman–Crippen MR) is 148 cm³/mol. The molecule has 2 aliphatic heterocycles. The number of carbonyl (C=O) groups excluding carboxylic acids is 2. The summed E-state index contributed by atoms with van der Waals surface area (Å²) in [4.78, 5) is 37.8. The number of fused-ring (bicyclic) bond motifs is 6. The molecule has 1 aromatic carbocycles. The molecule has 2 amide bonds. The molecule has 6 bridgehead atoms. The van der Waals surface area contributed by atoms with Gasteiger partial charge in [0.25, 0.3) is 5.91 Å². The number of halogens is 1. The maximum absolute atomic E-state index is 11.5. The Bertz CT molecular complexity index is 1470. The molecular weight excluding hydrogens is 520 g/mol. The van der Waals surface area contributed by atoms with E-state index in [1.54, 1.807) is 23.4 Å². The van der Waals surface area contributed by atoms with Gasteiger partial charge in [-0.15, -0.1) is 0 Å². The van der Waals surface area contributed by atoms with Crippen molar-refractivity contribution in [3.63, 3.8) is 0 Å². The van der Waals surface area contributed by atoms with Gasteiger partial charge in [-0.25, -0.2) is 4.98 Å². The Balaban J connectivity index is 0.000000214. The highest BCUT2D eigenvalue weighted by Gasteiger charge is 2.21. The summed E-state index contributed by atoms with van der Waals surface area (Å²) in [5, 5.41) is 13.2. The first kappa shape index (κ1) is 26.1. The topological polar surface area (TPSA) is 138 Å². The number of aryl methyl sites for hydroxylation is 2. The van der Waals surface area contributed by atoms with E-state index in [-0.39, 0.29) is 11.8 Å². The Morgan fingerprint density at radius 1 is 1.03 bits per heavy atom. The number of nitrogens with one attached hydrogen (secondary N) is 3. The van der Waals surface area contributed by atoms with Gasteiger partial charge in [-0.2, -0.15) is 4.98 Å². The number of nitrogens with zero attached hydrogens (tertiary/aromatic N) is 5. The van der Waals surface area contributed by atoms with Gasteiger partial charge in [-0.1, -0.05) is 16.8 Å². The van der Waals surface area contributed by atoms with Crippen LogP contribution in [0.15, 0.2) is 59.6 Å². The average molecular weight is 547 g/mol. The summed E-state index contributed by atoms with van der Waals surface area (Å²) < 4.78 is 4.77. The molecule has 0 spiro atoms. The number of aromatic nitrogens is 4. The summed E-state index contributed by atoms with van der Waals surface area (Å²) in [5.41, 5.74) is 4.50. The SMILES string of the molecule is CC(=O)Nc1ccc2cc1CCc1cncc(c1)Nc1ncc(Cl)c(n1)N2.O=C(c1ccno1)N1CCCC1. The quantitative estimate of drug-likeness (QED) is 0.317. The highest BCUT2D eigenvalue weighted by Crippen LogP contribution is 2.29. The van der Waals surface area contributed by atoms with Crippen molar-refractivity contribution >= 4 is 52.2 Å². The van der Waals surface area contributed by atoms with Crippen molar-refractivity contribution in [1.82, 2.24) is 25.0 Å². The first-order valence-electron chi connectivity index (χ1n) is 12.6. The number of anilines is 5. The van der Waals surface area contributed by atoms with E-state index in [2.05, 4.69) is 36.1 Å². The smallest absolute Gasteiger partial charge is 0.292 e. The maximum atomic E-state index is 11.5. The molecule has 12 heteroatoms. The number of hydrogen-bond donors (Lipinski definition) is 3. The van der Waals surface area contributed by atoms with Crippen LogP contribution in [0.4, 0.5) is 28.8 Å². The second-order valence-corrected chi connectivity index (χ2v) is 9.56. The lowest BCUT2D eigenvalue weighted by atomic mass is 10.0. The number of pyridine rings is 1. The summed E-state index contributed by atoms with van der Waals surface area (Å²) >= 11 is 6.25. The molecule has 3 aromatic heterocycles. The first-order chi connectivity index (χ1) is 18.9. The molecule has 1 fully saturated rings. The van der Waals surface area contributed by atoms with Crippen LogP contribution in [0.1, 0.15) is 41.4 Å². The number of carbonyl (C=O) groups is 2. The third-order valence-corrected chi connectivity index (χ3v) is 6.48. The summed E-state index contributed by atoms with van der Waals surface area (Å²) in [6.45, 7) is 3.19. The zero-order chi connectivity index (χ0) is 27.2. The molecular formula is C27H27ClN8O3. The lowest BCUT2D eigenvalue weighted by Gasteiger charge is -2.14. The minimum Gasteiger partial charge on any atom is -0.351 e. The molecule has 5 heterocycles. The van der Waals surface area contributed by atoms with Crippen LogP contribution in [0.2, 0.25) is 5.02 Å². The maximum Gasteiger partial charge on any atom is 0.292 e. The molecule has 200 valence electrons. The minimum absolute atomic E-state index is 0.0370. The normalized spacial score (nSPS) is 13.8. The van der Waals surface area contributed by atoms with Crippen molar-refractivity contribution in [2.75, 3.05) is 29.0 Å². The number of rotatable bonds is 2. The molecule has 6 rings (SSSR count). The zero-order valence-electron chi connectivity index (χ0n) is 21.3. The summed E-state index contributed by atoms with van der Waals surface area (Å²) in [7, 11) is 0. The Morgan fingerprint density at radius 3 is 2.64 bits per heavy atom. The van der Waals surface area contributed by atoms with Crippen molar-refractivity contribution in [3.05, 3.63) is 77.0 Å². The largest absolute Gasteiger partial charge is 0.351 e. The molecule has 0 radical (unpaired) electrons. The molecule has 11 nitrogen and oxygen atoms in total. The van der Waals surface area contributed by atoms with Gasteiger partial charge in [-0.05, 0) is 61.1 Å². The van der Waals surface area contributed by atoms with Gasteiger partial charge in [-0.3, -0.25) is 14.6 Å². The molecule has 0 atom stereocenters. The van der Waals surface area contributed by atoms with Gasteiger partial charge in [0.05, 0.1) is 24.3 Å². The second kappa shape index (κ2) is 11.9. The van der Waals surface area contributed by atoms with Gasteiger partial charge >= 0.3 is 0 Å². The lowest BCUT2D eigenvalue weighted by Crippen LogP contribution is -2.27. The number of amides is 2. The standard InChI is InChI=1S/C19H17ClN6O.C8H10N2O2/c1-11(27)23-17-5-4-14-7-13(17)3-2-12-6-15(9-21-8-12)25-19-22-10-16(20)18(24-14)26-19;11-8(7-3-4-9-12-7)10-5-1-2-6-10/h4-10H,2-3H2,1H3,(H,23,27)(H2,22,24,25,26);3-4H,1-2,5-6H2. The number of benzene rings is 1. The molecule has 3 N–H and O–H groups in total. The molecule has 1 saturated heterocycles. The molecule has 0 aliphatic carbocycles. The highest BCUT2D eigenvalue weighted by molar-refractivity contribution is 6.32. The van der Waals surface area contributed by atoms with Crippen LogP contribution in [0.3, 0.4) is 0 Å². The molecule has 4 aromatic rings. The zero-order valence-corrected chi connectivity index (χ0v) is 22.0. The van der Waals surface area contributed by atoms with Gasteiger partial charge in [0, 0.05) is 43.7 Å². The van der Waals surface area contributed by atoms with E-state index in [1.165, 1.54) is 13.1 Å². The Morgan fingerprint density at radius 2 is 1.87 bits per heavy atom. The van der Waals surface area contributed by atoms with Crippen LogP contribution >= 0.6 is 11.6 Å². The van der Waals surface area contributed by atoms with Crippen molar-refractivity contribution in [2.45, 2.75) is 32.6 Å². The summed E-state index contributed by atoms with van der Waals surface area (Å²) in [6.07, 6.45) is 10.3. The Hall–Kier alpha value is -4.51. The van der Waals surface area contributed by atoms with Crippen molar-refractivity contribution in [1.29, 1.82) is 0 Å². The second-order valence-electron chi connectivity index (χ2n) is 9.15.